The van der Waals surface area contributed by atoms with Crippen LogP contribution in [-0.2, 0) is 13.6 Å². The third kappa shape index (κ3) is 14.5. The van der Waals surface area contributed by atoms with Crippen LogP contribution in [-0.4, -0.2) is 68.5 Å². The van der Waals surface area contributed by atoms with Crippen LogP contribution in [0, 0.1) is 20.5 Å². The van der Waals surface area contributed by atoms with Gasteiger partial charge in [0.25, 0.3) is 17.9 Å². The maximum Gasteiger partial charge on any atom is 0.343 e. The smallest absolute Gasteiger partial charge is 0.343 e. The molecule has 2 heterocycles. The van der Waals surface area contributed by atoms with Gasteiger partial charge in [0.2, 0.25) is 0 Å². The van der Waals surface area contributed by atoms with E-state index in [1.54, 1.807) is 17.9 Å². The molecule has 2 aromatic carbocycles. The number of fused-ring (bicyclic) bond motifs is 1. The van der Waals surface area contributed by atoms with Gasteiger partial charge >= 0.3 is 5.65 Å². The molecule has 3 N–H and O–H groups in total. The molecule has 1 atom stereocenters. The highest BCUT2D eigenvalue weighted by molar-refractivity contribution is 5.95. The first kappa shape index (κ1) is 43.0. The van der Waals surface area contributed by atoms with Crippen molar-refractivity contribution in [3.05, 3.63) is 89.1 Å². The minimum atomic E-state index is -4.94. The van der Waals surface area contributed by atoms with Crippen LogP contribution in [0.25, 0.3) is 30.0 Å². The molecule has 0 saturated heterocycles. The predicted molar refractivity (Wildman–Crippen MR) is 165 cm³/mol. The maximum atomic E-state index is 13.1. The fourth-order valence-electron chi connectivity index (χ4n) is 4.64. The number of nitrogens with one attached hydrogen (secondary N) is 1. The summed E-state index contributed by atoms with van der Waals surface area (Å²) in [7, 11) is 1.65. The number of carbonyl (C=O) groups excluding carboxylic acids is 1. The number of aliphatic hydroxyl groups excluding tert-OH is 2. The van der Waals surface area contributed by atoms with E-state index in [-0.39, 0.29) is 12.5 Å². The van der Waals surface area contributed by atoms with Gasteiger partial charge in [-0.3, -0.25) is 4.79 Å². The minimum absolute atomic E-state index is 0.0689. The van der Waals surface area contributed by atoms with Gasteiger partial charge in [-0.2, -0.15) is 4.40 Å². The molecule has 0 aliphatic heterocycles. The number of carbonyl (C=O) groups is 1. The Morgan fingerprint density at radius 1 is 0.824 bits per heavy atom. The van der Waals surface area contributed by atoms with Crippen molar-refractivity contribution in [1.82, 2.24) is 9.72 Å². The van der Waals surface area contributed by atoms with Gasteiger partial charge in [-0.25, -0.2) is 46.4 Å². The number of aryl methyl sites for hydroxylation is 1. The Kier molecular flexibility index (Phi) is 15.9. The fourth-order valence-corrected chi connectivity index (χ4v) is 4.64. The molecule has 19 heteroatoms. The molecular formula is C32H40Cl2N6O11. The van der Waals surface area contributed by atoms with Gasteiger partial charge in [-0.1, -0.05) is 36.4 Å². The summed E-state index contributed by atoms with van der Waals surface area (Å²) >= 11 is 0. The van der Waals surface area contributed by atoms with Crippen LogP contribution < -0.4 is 61.5 Å². The Labute approximate surface area is 298 Å². The van der Waals surface area contributed by atoms with Crippen molar-refractivity contribution >= 4 is 47.2 Å². The number of rotatable bonds is 10. The summed E-state index contributed by atoms with van der Waals surface area (Å²) in [5.74, 6) is -0.289. The minimum Gasteiger partial charge on any atom is -0.394 e. The molecular weight excluding hydrogens is 715 g/mol. The van der Waals surface area contributed by atoms with E-state index in [0.29, 0.717) is 11.3 Å². The summed E-state index contributed by atoms with van der Waals surface area (Å²) in [6, 6.07) is 18.6. The first-order chi connectivity index (χ1) is 23.6. The van der Waals surface area contributed by atoms with E-state index in [9.17, 15) is 15.0 Å². The number of aliphatic hydroxyl groups is 2. The molecule has 0 aliphatic rings. The summed E-state index contributed by atoms with van der Waals surface area (Å²) in [5.41, 5.74) is 7.11. The largest absolute Gasteiger partial charge is 0.394 e. The zero-order valence-electron chi connectivity index (χ0n) is 28.6. The zero-order valence-corrected chi connectivity index (χ0v) is 30.1. The van der Waals surface area contributed by atoms with E-state index >= 15 is 0 Å². The van der Waals surface area contributed by atoms with E-state index in [4.69, 9.17) is 37.3 Å². The lowest BCUT2D eigenvalue weighted by Gasteiger charge is -2.17. The Bertz CT molecular complexity index is 1760. The van der Waals surface area contributed by atoms with E-state index in [1.165, 1.54) is 0 Å². The maximum absolute atomic E-state index is 13.1. The second-order valence-electron chi connectivity index (χ2n) is 11.2. The topological polar surface area (TPSA) is 273 Å². The zero-order chi connectivity index (χ0) is 38.7. The number of hydrogen-bond donors (Lipinski definition) is 3. The van der Waals surface area contributed by atoms with Crippen LogP contribution in [0.4, 0.5) is 11.4 Å². The molecule has 0 radical (unpaired) electrons. The number of benzene rings is 2. The van der Waals surface area contributed by atoms with Gasteiger partial charge in [0, 0.05) is 52.7 Å². The number of nitrogens with zero attached hydrogens (tertiary/aromatic N) is 5. The highest BCUT2D eigenvalue weighted by Crippen LogP contribution is 2.18. The van der Waals surface area contributed by atoms with Crippen molar-refractivity contribution in [2.45, 2.75) is 12.6 Å². The van der Waals surface area contributed by atoms with Crippen LogP contribution in [0.1, 0.15) is 33.0 Å². The molecule has 1 amide bonds. The molecule has 0 bridgehead atoms. The molecule has 0 saturated carbocycles. The number of amides is 1. The molecule has 4 aromatic rings. The second kappa shape index (κ2) is 18.9. The van der Waals surface area contributed by atoms with Gasteiger partial charge in [0.05, 0.1) is 13.7 Å². The predicted octanol–water partition coefficient (Wildman–Crippen LogP) is -7.28. The van der Waals surface area contributed by atoms with E-state index in [1.807, 2.05) is 68.5 Å². The van der Waals surface area contributed by atoms with Crippen molar-refractivity contribution in [2.24, 2.45) is 7.05 Å². The van der Waals surface area contributed by atoms with Crippen LogP contribution >= 0.6 is 0 Å². The summed E-state index contributed by atoms with van der Waals surface area (Å²) in [5, 5.41) is 22.5. The monoisotopic (exact) mass is 754 g/mol. The average molecular weight is 756 g/mol. The summed E-state index contributed by atoms with van der Waals surface area (Å²) < 4.78 is 73.5. The third-order valence-corrected chi connectivity index (χ3v) is 7.03. The van der Waals surface area contributed by atoms with Crippen LogP contribution in [0.2, 0.25) is 0 Å². The molecule has 0 aliphatic carbocycles. The summed E-state index contributed by atoms with van der Waals surface area (Å²) in [6.45, 7) is -0.339. The van der Waals surface area contributed by atoms with Crippen LogP contribution in [0.5, 0.6) is 0 Å². The van der Waals surface area contributed by atoms with Gasteiger partial charge in [0.1, 0.15) is 24.0 Å². The quantitative estimate of drug-likeness (QED) is 0.127. The van der Waals surface area contributed by atoms with E-state index in [2.05, 4.69) is 69.7 Å². The Morgan fingerprint density at radius 2 is 1.25 bits per heavy atom. The Balaban J connectivity index is 0.000000793. The van der Waals surface area contributed by atoms with Gasteiger partial charge < -0.3 is 25.3 Å². The lowest BCUT2D eigenvalue weighted by atomic mass is 10.1. The number of halogens is 2. The summed E-state index contributed by atoms with van der Waals surface area (Å²) in [4.78, 5) is 17.3. The number of imidazole rings is 1. The highest BCUT2D eigenvalue weighted by atomic mass is 35.7. The van der Waals surface area contributed by atoms with Crippen molar-refractivity contribution in [3.63, 3.8) is 0 Å². The molecule has 0 fully saturated rings. The second-order valence-corrected chi connectivity index (χ2v) is 12.7. The standard InChI is InChI=1S/C32H39N6O3.2ClHO4/c1-33-31(41)30-32-36(6)27(17-11-23-7-13-25(14-8-23)34(2)3)19-28(38(32)22-37(30)20-29(40)21-39)18-12-24-9-15-26(16-10-24)35(4)5;2*2-1(3,4)5/h7-19,22,29,39-40H,20-21H2,1-6H3;2*(H,2,3,4,5)/q+1;;/p-1. The lowest BCUT2D eigenvalue weighted by molar-refractivity contribution is -2.00. The highest BCUT2D eigenvalue weighted by Gasteiger charge is 2.32. The van der Waals surface area contributed by atoms with Crippen LogP contribution in [0.3, 0.4) is 0 Å². The molecule has 51 heavy (non-hydrogen) atoms. The summed E-state index contributed by atoms with van der Waals surface area (Å²) in [6.07, 6.45) is 8.91. The lowest BCUT2D eigenvalue weighted by Crippen LogP contribution is -2.68. The SMILES string of the molecule is CNC(=O)c1c2n(c[n+]1CC(O)CO)c(/C=C/c1ccc(N(C)C)cc1)cc(/C=C/c1ccc(N(C)C)cc1)[n+]2C.[O-][Cl+3]([O-])([O-])[O-].[O-][Cl+3]([O-])([O-])[O-]. The first-order valence-corrected chi connectivity index (χ1v) is 17.2. The van der Waals surface area contributed by atoms with Gasteiger partial charge in [-0.15, -0.1) is 20.5 Å². The first-order valence-electron chi connectivity index (χ1n) is 14.8. The molecule has 0 spiro atoms. The third-order valence-electron chi connectivity index (χ3n) is 7.03. The van der Waals surface area contributed by atoms with Crippen molar-refractivity contribution in [1.29, 1.82) is 0 Å². The molecule has 278 valence electrons. The van der Waals surface area contributed by atoms with E-state index in [0.717, 1.165) is 33.9 Å². The van der Waals surface area contributed by atoms with Crippen molar-refractivity contribution in [2.75, 3.05) is 51.6 Å². The molecule has 17 nitrogen and oxygen atoms in total. The molecule has 1 unspecified atom stereocenters. The number of hydrogen-bond acceptors (Lipinski definition) is 13. The van der Waals surface area contributed by atoms with Gasteiger partial charge in [0.15, 0.2) is 0 Å². The van der Waals surface area contributed by atoms with Crippen molar-refractivity contribution < 1.29 is 81.9 Å². The Hall–Kier alpha value is -4.21. The van der Waals surface area contributed by atoms with Crippen LogP contribution in [0.15, 0.2) is 60.9 Å². The number of aromatic nitrogens is 3. The fraction of sp³-hybridized carbons (Fsp3) is 0.281. The van der Waals surface area contributed by atoms with Crippen molar-refractivity contribution in [3.8, 4) is 0 Å². The normalized spacial score (nSPS) is 12.3. The molecule has 2 aromatic heterocycles. The van der Waals surface area contributed by atoms with E-state index < -0.39 is 33.2 Å². The average Bonchev–Trinajstić information content (AvgIpc) is 3.41. The molecule has 4 rings (SSSR count). The number of anilines is 2. The Morgan fingerprint density at radius 3 is 1.65 bits per heavy atom. The van der Waals surface area contributed by atoms with Gasteiger partial charge in [-0.05, 0) is 47.5 Å².